The summed E-state index contributed by atoms with van der Waals surface area (Å²) in [6, 6.07) is 11.9. The van der Waals surface area contributed by atoms with Crippen molar-refractivity contribution >= 4 is 26.6 Å². The van der Waals surface area contributed by atoms with Gasteiger partial charge in [0.15, 0.2) is 0 Å². The molecule has 5 nitrogen and oxygen atoms in total. The molecule has 2 N–H and O–H groups in total. The summed E-state index contributed by atoms with van der Waals surface area (Å²) < 4.78 is 32.2. The van der Waals surface area contributed by atoms with Crippen LogP contribution >= 0.6 is 0 Å². The van der Waals surface area contributed by atoms with E-state index in [2.05, 4.69) is 0 Å². The maximum Gasteiger partial charge on any atom is 0.268 e. The summed E-state index contributed by atoms with van der Waals surface area (Å²) in [5.41, 5.74) is 7.68. The van der Waals surface area contributed by atoms with Gasteiger partial charge in [0.1, 0.15) is 5.75 Å². The molecule has 22 heavy (non-hydrogen) atoms. The molecule has 2 aromatic carbocycles. The fourth-order valence-corrected chi connectivity index (χ4v) is 4.11. The van der Waals surface area contributed by atoms with Gasteiger partial charge in [-0.2, -0.15) is 0 Å². The highest BCUT2D eigenvalue weighted by atomic mass is 32.2. The minimum absolute atomic E-state index is 0.280. The zero-order chi connectivity index (χ0) is 15.9. The van der Waals surface area contributed by atoms with E-state index >= 15 is 0 Å². The number of nitrogen functional groups attached to an aromatic ring is 1. The molecule has 0 fully saturated rings. The van der Waals surface area contributed by atoms with Crippen molar-refractivity contribution in [2.75, 3.05) is 12.8 Å². The average molecular weight is 316 g/mol. The standard InChI is InChI=1S/C16H16N2O3S/c1-11-5-3-4-6-15(11)22(19,20)18-10-9-12-13(18)7-8-14(21-2)16(12)17/h3-10H,17H2,1-2H3. The van der Waals surface area contributed by atoms with Crippen LogP contribution < -0.4 is 10.5 Å². The Kier molecular flexibility index (Phi) is 3.33. The highest BCUT2D eigenvalue weighted by molar-refractivity contribution is 7.90. The van der Waals surface area contributed by atoms with Crippen molar-refractivity contribution in [3.05, 3.63) is 54.2 Å². The Labute approximate surface area is 129 Å². The number of hydrogen-bond donors (Lipinski definition) is 1. The highest BCUT2D eigenvalue weighted by Crippen LogP contribution is 2.33. The lowest BCUT2D eigenvalue weighted by Crippen LogP contribution is -2.13. The summed E-state index contributed by atoms with van der Waals surface area (Å²) >= 11 is 0. The van der Waals surface area contributed by atoms with Crippen molar-refractivity contribution < 1.29 is 13.2 Å². The van der Waals surface area contributed by atoms with Gasteiger partial charge in [0.2, 0.25) is 0 Å². The molecule has 0 saturated heterocycles. The first kappa shape index (κ1) is 14.5. The second-order valence-corrected chi connectivity index (χ2v) is 6.78. The molecule has 0 aliphatic carbocycles. The third-order valence-electron chi connectivity index (χ3n) is 3.69. The number of benzene rings is 2. The van der Waals surface area contributed by atoms with Crippen molar-refractivity contribution in [2.24, 2.45) is 0 Å². The van der Waals surface area contributed by atoms with Gasteiger partial charge in [-0.05, 0) is 36.8 Å². The van der Waals surface area contributed by atoms with Crippen molar-refractivity contribution in [2.45, 2.75) is 11.8 Å². The molecule has 0 amide bonds. The SMILES string of the molecule is COc1ccc2c(ccn2S(=O)(=O)c2ccccc2C)c1N. The van der Waals surface area contributed by atoms with Gasteiger partial charge in [-0.15, -0.1) is 0 Å². The Morgan fingerprint density at radius 1 is 1.09 bits per heavy atom. The molecule has 114 valence electrons. The number of nitrogens with two attached hydrogens (primary N) is 1. The van der Waals surface area contributed by atoms with Gasteiger partial charge >= 0.3 is 0 Å². The monoisotopic (exact) mass is 316 g/mol. The van der Waals surface area contributed by atoms with E-state index < -0.39 is 10.0 Å². The van der Waals surface area contributed by atoms with E-state index in [1.165, 1.54) is 17.3 Å². The maximum atomic E-state index is 12.9. The first-order valence-electron chi connectivity index (χ1n) is 6.71. The number of nitrogens with zero attached hydrogens (tertiary/aromatic N) is 1. The van der Waals surface area contributed by atoms with E-state index in [0.717, 1.165) is 0 Å². The first-order chi connectivity index (χ1) is 10.5. The molecule has 0 bridgehead atoms. The molecule has 6 heteroatoms. The van der Waals surface area contributed by atoms with Crippen molar-refractivity contribution in [3.63, 3.8) is 0 Å². The number of aromatic nitrogens is 1. The van der Waals surface area contributed by atoms with E-state index in [1.807, 2.05) is 6.07 Å². The first-order valence-corrected chi connectivity index (χ1v) is 8.15. The molecule has 1 heterocycles. The Hall–Kier alpha value is -2.47. The molecule has 0 unspecified atom stereocenters. The van der Waals surface area contributed by atoms with Crippen LogP contribution in [0.3, 0.4) is 0 Å². The third kappa shape index (κ3) is 2.03. The fourth-order valence-electron chi connectivity index (χ4n) is 2.53. The van der Waals surface area contributed by atoms with Crippen LogP contribution in [0.5, 0.6) is 5.75 Å². The van der Waals surface area contributed by atoms with Gasteiger partial charge in [0.25, 0.3) is 10.0 Å². The summed E-state index contributed by atoms with van der Waals surface area (Å²) in [4.78, 5) is 0.280. The molecule has 3 aromatic rings. The number of rotatable bonds is 3. The van der Waals surface area contributed by atoms with Crippen LogP contribution in [-0.2, 0) is 10.0 Å². The maximum absolute atomic E-state index is 12.9. The summed E-state index contributed by atoms with van der Waals surface area (Å²) in [5, 5.41) is 0.650. The van der Waals surface area contributed by atoms with Crippen LogP contribution in [0.2, 0.25) is 0 Å². The van der Waals surface area contributed by atoms with Crippen molar-refractivity contribution in [3.8, 4) is 5.75 Å². The number of ether oxygens (including phenoxy) is 1. The molecular weight excluding hydrogens is 300 g/mol. The molecule has 0 radical (unpaired) electrons. The topological polar surface area (TPSA) is 74.3 Å². The van der Waals surface area contributed by atoms with E-state index in [9.17, 15) is 8.42 Å². The number of anilines is 1. The quantitative estimate of drug-likeness (QED) is 0.754. The van der Waals surface area contributed by atoms with E-state index in [0.29, 0.717) is 27.9 Å². The lowest BCUT2D eigenvalue weighted by molar-refractivity contribution is 0.417. The Morgan fingerprint density at radius 3 is 2.50 bits per heavy atom. The average Bonchev–Trinajstić information content (AvgIpc) is 2.93. The van der Waals surface area contributed by atoms with E-state index in [-0.39, 0.29) is 4.90 Å². The Bertz CT molecular complexity index is 959. The van der Waals surface area contributed by atoms with Gasteiger partial charge < -0.3 is 10.5 Å². The molecule has 3 rings (SSSR count). The molecule has 0 aliphatic heterocycles. The molecule has 0 saturated carbocycles. The molecule has 0 aliphatic rings. The number of methoxy groups -OCH3 is 1. The van der Waals surface area contributed by atoms with Crippen molar-refractivity contribution in [1.29, 1.82) is 0 Å². The number of aryl methyl sites for hydroxylation is 1. The summed E-state index contributed by atoms with van der Waals surface area (Å²) in [6.45, 7) is 1.77. The van der Waals surface area contributed by atoms with E-state index in [1.54, 1.807) is 43.3 Å². The Morgan fingerprint density at radius 2 is 1.82 bits per heavy atom. The van der Waals surface area contributed by atoms with Gasteiger partial charge in [-0.1, -0.05) is 18.2 Å². The summed E-state index contributed by atoms with van der Waals surface area (Å²) in [7, 11) is -2.14. The minimum atomic E-state index is -3.67. The van der Waals surface area contributed by atoms with Crippen LogP contribution in [0.4, 0.5) is 5.69 Å². The lowest BCUT2D eigenvalue weighted by atomic mass is 10.2. The zero-order valence-electron chi connectivity index (χ0n) is 12.3. The zero-order valence-corrected chi connectivity index (χ0v) is 13.1. The van der Waals surface area contributed by atoms with Crippen molar-refractivity contribution in [1.82, 2.24) is 3.97 Å². The van der Waals surface area contributed by atoms with E-state index in [4.69, 9.17) is 10.5 Å². The van der Waals surface area contributed by atoms with Crippen LogP contribution in [0, 0.1) is 6.92 Å². The predicted molar refractivity (Wildman–Crippen MR) is 86.7 cm³/mol. The van der Waals surface area contributed by atoms with Gasteiger partial charge in [0, 0.05) is 11.6 Å². The summed E-state index contributed by atoms with van der Waals surface area (Å²) in [5.74, 6) is 0.526. The lowest BCUT2D eigenvalue weighted by Gasteiger charge is -2.11. The van der Waals surface area contributed by atoms with Gasteiger partial charge in [-0.25, -0.2) is 12.4 Å². The number of fused-ring (bicyclic) bond motifs is 1. The molecule has 1 aromatic heterocycles. The van der Waals surface area contributed by atoms with Crippen LogP contribution in [0.15, 0.2) is 53.6 Å². The fraction of sp³-hybridized carbons (Fsp3) is 0.125. The van der Waals surface area contributed by atoms with Crippen LogP contribution in [0.1, 0.15) is 5.56 Å². The largest absolute Gasteiger partial charge is 0.495 e. The minimum Gasteiger partial charge on any atom is -0.495 e. The molecule has 0 spiro atoms. The smallest absolute Gasteiger partial charge is 0.268 e. The van der Waals surface area contributed by atoms with Gasteiger partial charge in [0.05, 0.1) is 23.2 Å². The van der Waals surface area contributed by atoms with Crippen LogP contribution in [0.25, 0.3) is 10.9 Å². The van der Waals surface area contributed by atoms with Gasteiger partial charge in [-0.3, -0.25) is 0 Å². The summed E-state index contributed by atoms with van der Waals surface area (Å²) in [6.07, 6.45) is 1.52. The normalized spacial score (nSPS) is 11.7. The highest BCUT2D eigenvalue weighted by Gasteiger charge is 2.21. The third-order valence-corrected chi connectivity index (χ3v) is 5.54. The second kappa shape index (κ2) is 5.06. The Balaban J connectivity index is 2.27. The molecular formula is C16H16N2O3S. The number of hydrogen-bond acceptors (Lipinski definition) is 4. The predicted octanol–water partition coefficient (Wildman–Crippen LogP) is 2.78. The second-order valence-electron chi connectivity index (χ2n) is 5.00. The molecule has 0 atom stereocenters. The van der Waals surface area contributed by atoms with Crippen LogP contribution in [-0.4, -0.2) is 19.5 Å².